The number of halogens is 1. The Balaban J connectivity index is 1.57. The van der Waals surface area contributed by atoms with Crippen molar-refractivity contribution >= 4 is 40.7 Å². The van der Waals surface area contributed by atoms with E-state index in [-0.39, 0.29) is 40.5 Å². The van der Waals surface area contributed by atoms with Crippen molar-refractivity contribution < 1.29 is 14.3 Å². The minimum Gasteiger partial charge on any atom is -0.482 e. The first-order valence-corrected chi connectivity index (χ1v) is 10.3. The van der Waals surface area contributed by atoms with Gasteiger partial charge in [0.25, 0.3) is 11.5 Å². The molecule has 0 aliphatic carbocycles. The molecule has 1 aromatic heterocycles. The van der Waals surface area contributed by atoms with Gasteiger partial charge in [0.15, 0.2) is 17.5 Å². The number of Topliss-reactive ketones (excluding diaryl/α,β-unsaturated/α-hetero) is 1. The third-order valence-corrected chi connectivity index (χ3v) is 5.49. The molecule has 0 spiro atoms. The van der Waals surface area contributed by atoms with E-state index in [4.69, 9.17) is 16.3 Å². The van der Waals surface area contributed by atoms with E-state index in [1.807, 2.05) is 6.07 Å². The number of benzene rings is 2. The van der Waals surface area contributed by atoms with E-state index >= 15 is 0 Å². The third kappa shape index (κ3) is 4.45. The van der Waals surface area contributed by atoms with E-state index in [0.717, 1.165) is 11.8 Å². The molecule has 1 aliphatic heterocycles. The summed E-state index contributed by atoms with van der Waals surface area (Å²) in [4.78, 5) is 43.3. The number of anilines is 1. The van der Waals surface area contributed by atoms with Crippen LogP contribution in [0.25, 0.3) is 11.3 Å². The summed E-state index contributed by atoms with van der Waals surface area (Å²) in [6, 6.07) is 13.3. The minimum atomic E-state index is -0.601. The van der Waals surface area contributed by atoms with E-state index in [1.165, 1.54) is 0 Å². The van der Waals surface area contributed by atoms with Crippen molar-refractivity contribution in [3.63, 3.8) is 0 Å². The Morgan fingerprint density at radius 3 is 2.87 bits per heavy atom. The number of carbonyl (C=O) groups is 2. The molecule has 0 unspecified atom stereocenters. The SMILES string of the molecule is N#Cc1c(-c2cccc(Cl)c2)nc(SCC(=O)c2ccc3c(c2)NC(=O)CO3)[nH]c1=O. The Hall–Kier alpha value is -3.61. The van der Waals surface area contributed by atoms with Crippen LogP contribution in [0.1, 0.15) is 15.9 Å². The monoisotopic (exact) mass is 452 g/mol. The van der Waals surface area contributed by atoms with Gasteiger partial charge in [-0.05, 0) is 30.3 Å². The molecule has 0 saturated heterocycles. The van der Waals surface area contributed by atoms with Crippen molar-refractivity contribution in [2.24, 2.45) is 0 Å². The Morgan fingerprint density at radius 1 is 1.26 bits per heavy atom. The van der Waals surface area contributed by atoms with Gasteiger partial charge in [0.2, 0.25) is 0 Å². The van der Waals surface area contributed by atoms with Crippen LogP contribution < -0.4 is 15.6 Å². The van der Waals surface area contributed by atoms with Gasteiger partial charge < -0.3 is 15.0 Å². The number of nitrogens with one attached hydrogen (secondary N) is 2. The zero-order valence-corrected chi connectivity index (χ0v) is 17.3. The van der Waals surface area contributed by atoms with E-state index in [2.05, 4.69) is 15.3 Å². The summed E-state index contributed by atoms with van der Waals surface area (Å²) in [7, 11) is 0. The lowest BCUT2D eigenvalue weighted by Crippen LogP contribution is -2.25. The molecule has 3 aromatic rings. The molecule has 10 heteroatoms. The maximum absolute atomic E-state index is 12.6. The van der Waals surface area contributed by atoms with Crippen LogP contribution in [0.3, 0.4) is 0 Å². The fourth-order valence-corrected chi connectivity index (χ4v) is 3.89. The van der Waals surface area contributed by atoms with Crippen molar-refractivity contribution in [3.05, 3.63) is 69.0 Å². The van der Waals surface area contributed by atoms with Crippen LogP contribution in [0.5, 0.6) is 5.75 Å². The van der Waals surface area contributed by atoms with Crippen molar-refractivity contribution in [1.29, 1.82) is 5.26 Å². The van der Waals surface area contributed by atoms with Gasteiger partial charge in [-0.1, -0.05) is 35.5 Å². The quantitative estimate of drug-likeness (QED) is 0.345. The predicted molar refractivity (Wildman–Crippen MR) is 116 cm³/mol. The van der Waals surface area contributed by atoms with Crippen molar-refractivity contribution in [1.82, 2.24) is 9.97 Å². The second kappa shape index (κ2) is 8.63. The average molecular weight is 453 g/mol. The molecule has 2 heterocycles. The highest BCUT2D eigenvalue weighted by Gasteiger charge is 2.19. The number of hydrogen-bond donors (Lipinski definition) is 2. The largest absolute Gasteiger partial charge is 0.482 e. The number of hydrogen-bond acceptors (Lipinski definition) is 7. The van der Waals surface area contributed by atoms with E-state index in [0.29, 0.717) is 27.6 Å². The summed E-state index contributed by atoms with van der Waals surface area (Å²) in [6.07, 6.45) is 0. The number of aromatic amines is 1. The van der Waals surface area contributed by atoms with Gasteiger partial charge in [-0.3, -0.25) is 14.4 Å². The van der Waals surface area contributed by atoms with Gasteiger partial charge >= 0.3 is 0 Å². The van der Waals surface area contributed by atoms with Crippen molar-refractivity contribution in [3.8, 4) is 23.1 Å². The molecule has 0 atom stereocenters. The number of ether oxygens (including phenoxy) is 1. The fourth-order valence-electron chi connectivity index (χ4n) is 2.94. The highest BCUT2D eigenvalue weighted by Crippen LogP contribution is 2.29. The molecule has 0 saturated carbocycles. The average Bonchev–Trinajstić information content (AvgIpc) is 2.76. The Bertz CT molecular complexity index is 1320. The second-order valence-electron chi connectivity index (χ2n) is 6.48. The van der Waals surface area contributed by atoms with Gasteiger partial charge in [-0.25, -0.2) is 4.98 Å². The van der Waals surface area contributed by atoms with Gasteiger partial charge in [0, 0.05) is 16.1 Å². The maximum atomic E-state index is 12.6. The van der Waals surface area contributed by atoms with Crippen LogP contribution in [0.2, 0.25) is 5.02 Å². The summed E-state index contributed by atoms with van der Waals surface area (Å²) < 4.78 is 5.28. The number of amides is 1. The highest BCUT2D eigenvalue weighted by atomic mass is 35.5. The zero-order chi connectivity index (χ0) is 22.0. The Kier molecular flexibility index (Phi) is 5.75. The molecule has 4 rings (SSSR count). The normalized spacial score (nSPS) is 12.3. The molecular weight excluding hydrogens is 440 g/mol. The summed E-state index contributed by atoms with van der Waals surface area (Å²) in [5.41, 5.74) is 0.786. The lowest BCUT2D eigenvalue weighted by molar-refractivity contribution is -0.118. The molecule has 0 radical (unpaired) electrons. The summed E-state index contributed by atoms with van der Waals surface area (Å²) in [6.45, 7) is -0.0666. The van der Waals surface area contributed by atoms with Gasteiger partial charge in [0.05, 0.1) is 17.1 Å². The number of ketones is 1. The second-order valence-corrected chi connectivity index (χ2v) is 7.88. The number of thioether (sulfide) groups is 1. The van der Waals surface area contributed by atoms with E-state index in [1.54, 1.807) is 42.5 Å². The molecule has 0 fully saturated rings. The number of fused-ring (bicyclic) bond motifs is 1. The molecule has 0 bridgehead atoms. The first-order chi connectivity index (χ1) is 14.9. The molecule has 2 N–H and O–H groups in total. The number of rotatable bonds is 5. The van der Waals surface area contributed by atoms with Crippen LogP contribution in [-0.2, 0) is 4.79 Å². The van der Waals surface area contributed by atoms with Crippen LogP contribution in [0.15, 0.2) is 52.4 Å². The van der Waals surface area contributed by atoms with Crippen LogP contribution >= 0.6 is 23.4 Å². The lowest BCUT2D eigenvalue weighted by Gasteiger charge is -2.18. The number of nitriles is 1. The maximum Gasteiger partial charge on any atom is 0.270 e. The van der Waals surface area contributed by atoms with Gasteiger partial charge in [-0.2, -0.15) is 5.26 Å². The summed E-state index contributed by atoms with van der Waals surface area (Å²) >= 11 is 7.05. The first kappa shape index (κ1) is 20.7. The number of nitrogens with zero attached hydrogens (tertiary/aromatic N) is 2. The zero-order valence-electron chi connectivity index (χ0n) is 15.8. The van der Waals surface area contributed by atoms with Crippen molar-refractivity contribution in [2.75, 3.05) is 17.7 Å². The van der Waals surface area contributed by atoms with E-state index < -0.39 is 5.56 Å². The lowest BCUT2D eigenvalue weighted by atomic mass is 10.1. The van der Waals surface area contributed by atoms with Crippen LogP contribution in [0, 0.1) is 11.3 Å². The standard InChI is InChI=1S/C21H13ClN4O4S/c22-13-3-1-2-12(6-13)19-14(8-23)20(29)26-21(25-19)31-10-16(27)11-4-5-17-15(7-11)24-18(28)9-30-17/h1-7H,9-10H2,(H,24,28)(H,25,26,29). The molecule has 8 nitrogen and oxygen atoms in total. The topological polar surface area (TPSA) is 125 Å². The molecule has 1 amide bonds. The molecule has 154 valence electrons. The Morgan fingerprint density at radius 2 is 2.10 bits per heavy atom. The number of H-pyrrole nitrogens is 1. The summed E-state index contributed by atoms with van der Waals surface area (Å²) in [5, 5.41) is 12.7. The molecular formula is C21H13ClN4O4S. The highest BCUT2D eigenvalue weighted by molar-refractivity contribution is 7.99. The number of aromatic nitrogens is 2. The van der Waals surface area contributed by atoms with Gasteiger partial charge in [0.1, 0.15) is 17.4 Å². The van der Waals surface area contributed by atoms with Crippen LogP contribution in [0.4, 0.5) is 5.69 Å². The molecule has 31 heavy (non-hydrogen) atoms. The predicted octanol–water partition coefficient (Wildman–Crippen LogP) is 3.27. The summed E-state index contributed by atoms with van der Waals surface area (Å²) in [5.74, 6) is -0.0476. The van der Waals surface area contributed by atoms with Gasteiger partial charge in [-0.15, -0.1) is 0 Å². The van der Waals surface area contributed by atoms with E-state index in [9.17, 15) is 19.6 Å². The minimum absolute atomic E-state index is 0.0165. The third-order valence-electron chi connectivity index (χ3n) is 4.38. The number of carbonyl (C=O) groups excluding carboxylic acids is 2. The Labute approximate surface area is 185 Å². The van der Waals surface area contributed by atoms with Crippen LogP contribution in [-0.4, -0.2) is 34.0 Å². The van der Waals surface area contributed by atoms with Crippen molar-refractivity contribution in [2.45, 2.75) is 5.16 Å². The first-order valence-electron chi connectivity index (χ1n) is 8.97. The smallest absolute Gasteiger partial charge is 0.270 e. The molecule has 2 aromatic carbocycles. The fraction of sp³-hybridized carbons (Fsp3) is 0.0952. The molecule has 1 aliphatic rings.